The van der Waals surface area contributed by atoms with Gasteiger partial charge in [-0.05, 0) is 44.2 Å². The van der Waals surface area contributed by atoms with Crippen molar-refractivity contribution >= 4 is 11.7 Å². The number of hydrogen-bond acceptors (Lipinski definition) is 7. The molecule has 0 spiro atoms. The Kier molecular flexibility index (Phi) is 4.22. The van der Waals surface area contributed by atoms with E-state index in [-0.39, 0.29) is 18.0 Å². The maximum absolute atomic E-state index is 13.4. The lowest BCUT2D eigenvalue weighted by atomic mass is 10.0. The number of aryl methyl sites for hydroxylation is 2. The molecule has 1 amide bonds. The molecule has 9 nitrogen and oxygen atoms in total. The molecule has 5 rings (SSSR count). The number of pyridine rings is 1. The van der Waals surface area contributed by atoms with Gasteiger partial charge in [-0.3, -0.25) is 9.78 Å². The normalized spacial score (nSPS) is 22.8. The van der Waals surface area contributed by atoms with Crippen LogP contribution in [0.3, 0.4) is 0 Å². The predicted octanol–water partition coefficient (Wildman–Crippen LogP) is 1.78. The van der Waals surface area contributed by atoms with Gasteiger partial charge >= 0.3 is 0 Å². The van der Waals surface area contributed by atoms with Crippen molar-refractivity contribution < 1.29 is 4.79 Å². The molecule has 1 aliphatic heterocycles. The number of rotatable bonds is 4. The number of nitrogens with zero attached hydrogens (tertiary/aromatic N) is 7. The number of anilines is 1. The van der Waals surface area contributed by atoms with Gasteiger partial charge < -0.3 is 10.2 Å². The monoisotopic (exact) mass is 390 g/mol. The molecule has 2 bridgehead atoms. The van der Waals surface area contributed by atoms with Gasteiger partial charge in [0, 0.05) is 18.8 Å². The summed E-state index contributed by atoms with van der Waals surface area (Å²) < 4.78 is 0. The van der Waals surface area contributed by atoms with E-state index in [1.54, 1.807) is 31.0 Å². The molecule has 29 heavy (non-hydrogen) atoms. The van der Waals surface area contributed by atoms with E-state index in [4.69, 9.17) is 0 Å². The second-order valence-electron chi connectivity index (χ2n) is 7.86. The average Bonchev–Trinajstić information content (AvgIpc) is 3.46. The molecule has 3 atom stereocenters. The molecular formula is C20H22N8O. The van der Waals surface area contributed by atoms with Crippen molar-refractivity contribution in [3.8, 4) is 5.69 Å². The minimum absolute atomic E-state index is 0.0775. The van der Waals surface area contributed by atoms with Crippen molar-refractivity contribution in [2.45, 2.75) is 38.8 Å². The van der Waals surface area contributed by atoms with Crippen LogP contribution in [-0.2, 0) is 0 Å². The fourth-order valence-corrected chi connectivity index (χ4v) is 4.42. The Morgan fingerprint density at radius 3 is 2.62 bits per heavy atom. The van der Waals surface area contributed by atoms with Crippen molar-refractivity contribution in [1.82, 2.24) is 34.8 Å². The first kappa shape index (κ1) is 17.7. The fourth-order valence-electron chi connectivity index (χ4n) is 4.42. The van der Waals surface area contributed by atoms with Gasteiger partial charge in [0.05, 0.1) is 36.5 Å². The van der Waals surface area contributed by atoms with E-state index >= 15 is 0 Å². The first-order chi connectivity index (χ1) is 14.1. The predicted molar refractivity (Wildman–Crippen MR) is 106 cm³/mol. The van der Waals surface area contributed by atoms with Gasteiger partial charge in [0.25, 0.3) is 5.91 Å². The number of nitrogens with one attached hydrogen (secondary N) is 1. The van der Waals surface area contributed by atoms with E-state index in [2.05, 4.69) is 30.5 Å². The highest BCUT2D eigenvalue weighted by Gasteiger charge is 2.47. The Balaban J connectivity index is 1.40. The lowest BCUT2D eigenvalue weighted by Crippen LogP contribution is -2.48. The van der Waals surface area contributed by atoms with Crippen LogP contribution in [-0.4, -0.2) is 59.4 Å². The molecule has 2 aliphatic rings. The van der Waals surface area contributed by atoms with Gasteiger partial charge in [-0.15, -0.1) is 4.80 Å². The van der Waals surface area contributed by atoms with Gasteiger partial charge in [0.2, 0.25) is 0 Å². The third kappa shape index (κ3) is 3.22. The van der Waals surface area contributed by atoms with E-state index < -0.39 is 0 Å². The van der Waals surface area contributed by atoms with E-state index in [1.807, 2.05) is 24.8 Å². The summed E-state index contributed by atoms with van der Waals surface area (Å²) in [6, 6.07) is 2.16. The van der Waals surface area contributed by atoms with Crippen LogP contribution < -0.4 is 5.32 Å². The average molecular weight is 390 g/mol. The Labute approximate surface area is 168 Å². The lowest BCUT2D eigenvalue weighted by molar-refractivity contribution is 0.0685. The summed E-state index contributed by atoms with van der Waals surface area (Å²) in [4.78, 5) is 30.0. The van der Waals surface area contributed by atoms with Crippen LogP contribution in [0.15, 0.2) is 37.1 Å². The van der Waals surface area contributed by atoms with Crippen LogP contribution in [0.4, 0.5) is 5.82 Å². The van der Waals surface area contributed by atoms with Gasteiger partial charge in [0.15, 0.2) is 5.69 Å². The van der Waals surface area contributed by atoms with Crippen LogP contribution in [0, 0.1) is 19.8 Å². The molecule has 3 unspecified atom stereocenters. The molecule has 0 radical (unpaired) electrons. The van der Waals surface area contributed by atoms with Gasteiger partial charge in [-0.2, -0.15) is 10.2 Å². The first-order valence-corrected chi connectivity index (χ1v) is 9.78. The fraction of sp³-hybridized carbons (Fsp3) is 0.400. The third-order valence-electron chi connectivity index (χ3n) is 5.70. The molecule has 3 aromatic rings. The van der Waals surface area contributed by atoms with Crippen molar-refractivity contribution in [2.75, 3.05) is 11.9 Å². The zero-order valence-corrected chi connectivity index (χ0v) is 16.4. The summed E-state index contributed by atoms with van der Waals surface area (Å²) in [7, 11) is 0. The van der Waals surface area contributed by atoms with E-state index in [1.165, 1.54) is 4.80 Å². The first-order valence-electron chi connectivity index (χ1n) is 9.78. The van der Waals surface area contributed by atoms with Crippen LogP contribution in [0.25, 0.3) is 5.69 Å². The van der Waals surface area contributed by atoms with Gasteiger partial charge in [0.1, 0.15) is 11.5 Å². The molecule has 1 aliphatic carbocycles. The minimum atomic E-state index is -0.0775. The lowest BCUT2D eigenvalue weighted by Gasteiger charge is -2.34. The molecule has 1 N–H and O–H groups in total. The summed E-state index contributed by atoms with van der Waals surface area (Å²) in [5.74, 6) is 1.15. The largest absolute Gasteiger partial charge is 0.364 e. The summed E-state index contributed by atoms with van der Waals surface area (Å²) in [6.07, 6.45) is 10.4. The molecule has 2 fully saturated rings. The van der Waals surface area contributed by atoms with E-state index in [9.17, 15) is 4.79 Å². The number of likely N-dealkylation sites (tertiary alicyclic amines) is 1. The third-order valence-corrected chi connectivity index (χ3v) is 5.70. The van der Waals surface area contributed by atoms with Crippen molar-refractivity contribution in [3.05, 3.63) is 54.0 Å². The Bertz CT molecular complexity index is 1030. The number of fused-ring (bicyclic) bond motifs is 2. The van der Waals surface area contributed by atoms with Crippen molar-refractivity contribution in [3.63, 3.8) is 0 Å². The quantitative estimate of drug-likeness (QED) is 0.724. The molecule has 9 heteroatoms. The summed E-state index contributed by atoms with van der Waals surface area (Å²) in [5, 5.41) is 11.9. The van der Waals surface area contributed by atoms with Crippen LogP contribution in [0.1, 0.15) is 34.6 Å². The maximum Gasteiger partial charge on any atom is 0.275 e. The SMILES string of the molecule is Cc1cnc(C(=O)N2CC3CC(Nc4cnc(C)cn4)C2C3)c(-n2nccn2)c1. The summed E-state index contributed by atoms with van der Waals surface area (Å²) >= 11 is 0. The molecular weight excluding hydrogens is 368 g/mol. The number of aromatic nitrogens is 6. The van der Waals surface area contributed by atoms with Crippen LogP contribution in [0.2, 0.25) is 0 Å². The molecule has 1 saturated heterocycles. The summed E-state index contributed by atoms with van der Waals surface area (Å²) in [6.45, 7) is 4.60. The highest BCUT2D eigenvalue weighted by atomic mass is 16.2. The number of amides is 1. The van der Waals surface area contributed by atoms with E-state index in [0.29, 0.717) is 17.3 Å². The van der Waals surface area contributed by atoms with Crippen molar-refractivity contribution in [2.24, 2.45) is 5.92 Å². The molecule has 0 aromatic carbocycles. The summed E-state index contributed by atoms with van der Waals surface area (Å²) in [5.41, 5.74) is 2.82. The van der Waals surface area contributed by atoms with Crippen molar-refractivity contribution in [1.29, 1.82) is 0 Å². The maximum atomic E-state index is 13.4. The number of carbonyl (C=O) groups is 1. The topological polar surface area (TPSA) is 102 Å². The van der Waals surface area contributed by atoms with Gasteiger partial charge in [-0.1, -0.05) is 0 Å². The number of piperidine rings is 1. The Morgan fingerprint density at radius 1 is 1.07 bits per heavy atom. The standard InChI is InChI=1S/C20H22N8O/c1-12-5-17(28-24-3-4-25-28)19(23-8-12)20(29)27-11-14-6-15(16(27)7-14)26-18-10-21-13(2)9-22-18/h3-5,8-10,14-16H,6-7,11H2,1-2H3,(H,22,26). The van der Waals surface area contributed by atoms with Gasteiger partial charge in [-0.25, -0.2) is 9.97 Å². The van der Waals surface area contributed by atoms with Crippen LogP contribution >= 0.6 is 0 Å². The zero-order valence-electron chi connectivity index (χ0n) is 16.4. The molecule has 4 heterocycles. The smallest absolute Gasteiger partial charge is 0.275 e. The van der Waals surface area contributed by atoms with E-state index in [0.717, 1.165) is 36.5 Å². The second kappa shape index (κ2) is 6.91. The Morgan fingerprint density at radius 2 is 1.90 bits per heavy atom. The molecule has 148 valence electrons. The number of hydrogen-bond donors (Lipinski definition) is 1. The Hall–Kier alpha value is -3.36. The molecule has 1 saturated carbocycles. The highest BCUT2D eigenvalue weighted by molar-refractivity contribution is 5.96. The molecule has 3 aromatic heterocycles. The van der Waals surface area contributed by atoms with Crippen LogP contribution in [0.5, 0.6) is 0 Å². The highest BCUT2D eigenvalue weighted by Crippen LogP contribution is 2.40. The zero-order chi connectivity index (χ0) is 20.0. The second-order valence-corrected chi connectivity index (χ2v) is 7.86. The minimum Gasteiger partial charge on any atom is -0.364 e. The number of carbonyl (C=O) groups excluding carboxylic acids is 1.